The number of aryl methyl sites for hydroxylation is 2. The van der Waals surface area contributed by atoms with E-state index in [1.54, 1.807) is 4.57 Å². The van der Waals surface area contributed by atoms with E-state index in [4.69, 9.17) is 11.0 Å². The molecule has 1 aromatic carbocycles. The summed E-state index contributed by atoms with van der Waals surface area (Å²) in [4.78, 5) is 2.94. The van der Waals surface area contributed by atoms with Gasteiger partial charge in [0.15, 0.2) is 5.58 Å². The van der Waals surface area contributed by atoms with Gasteiger partial charge < -0.3 is 4.42 Å². The van der Waals surface area contributed by atoms with Gasteiger partial charge in [-0.25, -0.2) is 0 Å². The number of fused-ring (bicyclic) bond motifs is 1. The average Bonchev–Trinajstić information content (AvgIpc) is 2.44. The summed E-state index contributed by atoms with van der Waals surface area (Å²) in [6, 6.07) is 5.88. The van der Waals surface area contributed by atoms with E-state index in [-0.39, 0.29) is 0 Å². The van der Waals surface area contributed by atoms with Crippen LogP contribution in [0.1, 0.15) is 5.56 Å². The van der Waals surface area contributed by atoms with E-state index in [0.717, 1.165) is 16.7 Å². The number of benzene rings is 1. The molecule has 0 aliphatic rings. The van der Waals surface area contributed by atoms with Crippen LogP contribution >= 0.6 is 0 Å². The lowest BCUT2D eigenvalue weighted by Crippen LogP contribution is -2.10. The molecule has 0 bridgehead atoms. The van der Waals surface area contributed by atoms with Crippen LogP contribution in [-0.4, -0.2) is 4.57 Å². The highest BCUT2D eigenvalue weighted by atomic mass is 16.4. The molecular weight excluding hydrogens is 178 g/mol. The van der Waals surface area contributed by atoms with Gasteiger partial charge in [0, 0.05) is 7.05 Å². The van der Waals surface area contributed by atoms with Crippen molar-refractivity contribution in [3.8, 4) is 0 Å². The highest BCUT2D eigenvalue weighted by Crippen LogP contribution is 2.13. The molecule has 0 aliphatic carbocycles. The molecule has 1 heterocycles. The van der Waals surface area contributed by atoms with E-state index >= 15 is 0 Å². The number of oxazole rings is 1. The van der Waals surface area contributed by atoms with Crippen LogP contribution < -0.4 is 5.68 Å². The molecule has 4 nitrogen and oxygen atoms in total. The highest BCUT2D eigenvalue weighted by Gasteiger charge is 2.05. The van der Waals surface area contributed by atoms with Gasteiger partial charge in [-0.05, 0) is 24.6 Å². The lowest BCUT2D eigenvalue weighted by molar-refractivity contribution is 0.508. The van der Waals surface area contributed by atoms with Gasteiger partial charge in [-0.1, -0.05) is 6.07 Å². The van der Waals surface area contributed by atoms with Crippen molar-refractivity contribution >= 4 is 11.1 Å². The molecule has 0 N–H and O–H groups in total. The van der Waals surface area contributed by atoms with Crippen molar-refractivity contribution in [3.63, 3.8) is 0 Å². The third-order valence-electron chi connectivity index (χ3n) is 2.10. The molecule has 0 atom stereocenters. The Hall–Kier alpha value is -2.02. The summed E-state index contributed by atoms with van der Waals surface area (Å²) < 4.78 is 7.16. The summed E-state index contributed by atoms with van der Waals surface area (Å²) in [5.41, 5.74) is 3.16. The molecule has 4 heteroatoms. The minimum absolute atomic E-state index is 0.334. The summed E-state index contributed by atoms with van der Waals surface area (Å²) in [5, 5.41) is 3.56. The van der Waals surface area contributed by atoms with Crippen LogP contribution in [0.3, 0.4) is 0 Å². The van der Waals surface area contributed by atoms with Gasteiger partial charge >= 0.3 is 5.68 Å². The summed E-state index contributed by atoms with van der Waals surface area (Å²) in [6.07, 6.45) is 0. The quantitative estimate of drug-likeness (QED) is 0.457. The number of hydrogen-bond acceptors (Lipinski definition) is 2. The van der Waals surface area contributed by atoms with Crippen LogP contribution in [0.15, 0.2) is 27.7 Å². The van der Waals surface area contributed by atoms with Gasteiger partial charge in [0.25, 0.3) is 0 Å². The molecule has 14 heavy (non-hydrogen) atoms. The van der Waals surface area contributed by atoms with Crippen LogP contribution in [0.4, 0.5) is 0 Å². The molecule has 0 aliphatic heterocycles. The van der Waals surface area contributed by atoms with Crippen LogP contribution in [0, 0.1) is 13.5 Å². The molecule has 0 fully saturated rings. The first-order valence-electron chi connectivity index (χ1n) is 4.19. The first-order valence-corrected chi connectivity index (χ1v) is 4.19. The zero-order valence-corrected chi connectivity index (χ0v) is 7.98. The second-order valence-corrected chi connectivity index (χ2v) is 3.11. The fourth-order valence-electron chi connectivity index (χ4n) is 1.38. The van der Waals surface area contributed by atoms with Crippen LogP contribution in [-0.2, 0) is 7.05 Å². The Balaban J connectivity index is 2.88. The van der Waals surface area contributed by atoms with E-state index in [1.165, 1.54) is 0 Å². The Bertz CT molecular complexity index is 583. The maximum absolute atomic E-state index is 6.64. The largest absolute Gasteiger partial charge is 0.419 e. The SMILES string of the molecule is [C-]#[N+]N=c1oc2cc(C)ccc2n1C. The zero-order valence-electron chi connectivity index (χ0n) is 7.98. The van der Waals surface area contributed by atoms with Gasteiger partial charge in [-0.15, -0.1) is 4.95 Å². The Labute approximate surface area is 80.9 Å². The van der Waals surface area contributed by atoms with Crippen molar-refractivity contribution in [2.75, 3.05) is 0 Å². The molecule has 0 unspecified atom stereocenters. The average molecular weight is 187 g/mol. The third kappa shape index (κ3) is 1.19. The minimum Gasteiger partial charge on any atom is -0.419 e. The fraction of sp³-hybridized carbons (Fsp3) is 0.200. The molecule has 70 valence electrons. The lowest BCUT2D eigenvalue weighted by atomic mass is 10.2. The third-order valence-corrected chi connectivity index (χ3v) is 2.10. The highest BCUT2D eigenvalue weighted by molar-refractivity contribution is 5.73. The second-order valence-electron chi connectivity index (χ2n) is 3.11. The van der Waals surface area contributed by atoms with E-state index in [1.807, 2.05) is 32.2 Å². The monoisotopic (exact) mass is 187 g/mol. The topological polar surface area (TPSA) is 34.8 Å². The first kappa shape index (κ1) is 8.57. The van der Waals surface area contributed by atoms with Crippen LogP contribution in [0.5, 0.6) is 0 Å². The Morgan fingerprint density at radius 2 is 2.29 bits per heavy atom. The Kier molecular flexibility index (Phi) is 1.86. The predicted octanol–water partition coefficient (Wildman–Crippen LogP) is 1.81. The molecule has 0 radical (unpaired) electrons. The van der Waals surface area contributed by atoms with Gasteiger partial charge in [0.1, 0.15) is 5.10 Å². The van der Waals surface area contributed by atoms with Crippen molar-refractivity contribution < 1.29 is 4.42 Å². The van der Waals surface area contributed by atoms with Crippen molar-refractivity contribution in [1.82, 2.24) is 4.57 Å². The molecule has 0 amide bonds. The number of nitrogens with zero attached hydrogens (tertiary/aromatic N) is 3. The van der Waals surface area contributed by atoms with Crippen molar-refractivity contribution in [3.05, 3.63) is 41.0 Å². The molecular formula is C10H9N3O. The fourth-order valence-corrected chi connectivity index (χ4v) is 1.38. The molecule has 2 aromatic rings. The Morgan fingerprint density at radius 1 is 1.50 bits per heavy atom. The smallest absolute Gasteiger partial charge is 0.380 e. The van der Waals surface area contributed by atoms with Gasteiger partial charge in [-0.3, -0.25) is 4.57 Å². The predicted molar refractivity (Wildman–Crippen MR) is 52.1 cm³/mol. The summed E-state index contributed by atoms with van der Waals surface area (Å²) >= 11 is 0. The molecule has 1 aromatic heterocycles. The van der Waals surface area contributed by atoms with Crippen molar-refractivity contribution in [1.29, 1.82) is 0 Å². The normalized spacial score (nSPS) is 11.9. The van der Waals surface area contributed by atoms with Crippen molar-refractivity contribution in [2.45, 2.75) is 6.92 Å². The van der Waals surface area contributed by atoms with E-state index in [2.05, 4.69) is 10.1 Å². The summed E-state index contributed by atoms with van der Waals surface area (Å²) in [5.74, 6) is 0. The zero-order chi connectivity index (χ0) is 10.1. The molecule has 2 rings (SSSR count). The van der Waals surface area contributed by atoms with Crippen LogP contribution in [0.2, 0.25) is 0 Å². The number of rotatable bonds is 0. The Morgan fingerprint density at radius 3 is 3.00 bits per heavy atom. The van der Waals surface area contributed by atoms with Gasteiger partial charge in [0.05, 0.1) is 5.52 Å². The van der Waals surface area contributed by atoms with Crippen molar-refractivity contribution in [2.24, 2.45) is 12.1 Å². The van der Waals surface area contributed by atoms with Crippen LogP contribution in [0.25, 0.3) is 16.1 Å². The number of hydrogen-bond donors (Lipinski definition) is 0. The maximum atomic E-state index is 6.64. The van der Waals surface area contributed by atoms with E-state index in [9.17, 15) is 0 Å². The minimum atomic E-state index is 0.334. The summed E-state index contributed by atoms with van der Waals surface area (Å²) in [7, 11) is 1.82. The van der Waals surface area contributed by atoms with E-state index < -0.39 is 0 Å². The number of aromatic nitrogens is 1. The molecule has 0 saturated heterocycles. The second kappa shape index (κ2) is 3.04. The first-order chi connectivity index (χ1) is 6.72. The summed E-state index contributed by atoms with van der Waals surface area (Å²) in [6.45, 7) is 8.63. The van der Waals surface area contributed by atoms with Gasteiger partial charge in [0.2, 0.25) is 0 Å². The van der Waals surface area contributed by atoms with Gasteiger partial charge in [-0.2, -0.15) is 6.57 Å². The maximum Gasteiger partial charge on any atom is 0.380 e. The molecule has 0 spiro atoms. The van der Waals surface area contributed by atoms with E-state index in [0.29, 0.717) is 5.68 Å². The standard InChI is InChI=1S/C10H9N3O/c1-7-4-5-8-9(6-7)14-10(12-11-2)13(8)3/h4-6H,1,3H3. The lowest BCUT2D eigenvalue weighted by Gasteiger charge is -1.92. The molecule has 0 saturated carbocycles.